The summed E-state index contributed by atoms with van der Waals surface area (Å²) >= 11 is 0. The van der Waals surface area contributed by atoms with Gasteiger partial charge in [-0.05, 0) is 55.4 Å². The van der Waals surface area contributed by atoms with E-state index in [0.29, 0.717) is 19.3 Å². The number of ether oxygens (including phenoxy) is 1. The molecule has 3 nitrogen and oxygen atoms in total. The summed E-state index contributed by atoms with van der Waals surface area (Å²) in [5, 5.41) is 0. The van der Waals surface area contributed by atoms with Gasteiger partial charge in [-0.15, -0.1) is 0 Å². The van der Waals surface area contributed by atoms with E-state index in [9.17, 15) is 9.59 Å². The molecule has 1 aromatic rings. The summed E-state index contributed by atoms with van der Waals surface area (Å²) in [7, 11) is 1.66. The Labute approximate surface area is 158 Å². The normalized spacial score (nSPS) is 11.1. The van der Waals surface area contributed by atoms with Crippen LogP contribution in [0.1, 0.15) is 64.4 Å². The van der Waals surface area contributed by atoms with Gasteiger partial charge >= 0.3 is 0 Å². The van der Waals surface area contributed by atoms with Gasteiger partial charge in [0.05, 0.1) is 13.0 Å². The number of hydrogen-bond acceptors (Lipinski definition) is 3. The number of unbranched alkanes of at least 4 members (excludes halogenated alkanes) is 1. The van der Waals surface area contributed by atoms with Crippen LogP contribution in [-0.2, 0) is 9.59 Å². The predicted molar refractivity (Wildman–Crippen MR) is 108 cm³/mol. The Kier molecular flexibility index (Phi) is 10.3. The highest BCUT2D eigenvalue weighted by Gasteiger charge is 2.22. The predicted octanol–water partition coefficient (Wildman–Crippen LogP) is 5.79. The maximum atomic E-state index is 11.9. The van der Waals surface area contributed by atoms with Crippen molar-refractivity contribution >= 4 is 17.1 Å². The first-order valence-corrected chi connectivity index (χ1v) is 9.56. The Morgan fingerprint density at radius 1 is 1.04 bits per heavy atom. The molecular weight excluding hydrogens is 324 g/mol. The number of benzene rings is 1. The first-order valence-electron chi connectivity index (χ1n) is 9.56. The summed E-state index contributed by atoms with van der Waals surface area (Å²) in [5.41, 5.74) is 2.25. The lowest BCUT2D eigenvalue weighted by molar-refractivity contribution is -0.132. The van der Waals surface area contributed by atoms with Gasteiger partial charge in [-0.25, -0.2) is 0 Å². The zero-order chi connectivity index (χ0) is 19.4. The van der Waals surface area contributed by atoms with Crippen molar-refractivity contribution in [3.8, 4) is 5.75 Å². The summed E-state index contributed by atoms with van der Waals surface area (Å²) < 4.78 is 5.16. The molecular formula is C23H32O3. The first kappa shape index (κ1) is 21.9. The van der Waals surface area contributed by atoms with Gasteiger partial charge in [-0.1, -0.05) is 44.7 Å². The fourth-order valence-corrected chi connectivity index (χ4v) is 2.90. The third kappa shape index (κ3) is 7.38. The number of carbonyl (C=O) groups is 2. The maximum Gasteiger partial charge on any atom is 0.143 e. The second kappa shape index (κ2) is 12.2. The Morgan fingerprint density at radius 3 is 2.15 bits per heavy atom. The molecule has 0 bridgehead atoms. The number of hydrogen-bond donors (Lipinski definition) is 0. The van der Waals surface area contributed by atoms with Crippen molar-refractivity contribution < 1.29 is 14.3 Å². The van der Waals surface area contributed by atoms with Gasteiger partial charge in [0.2, 0.25) is 0 Å². The highest BCUT2D eigenvalue weighted by molar-refractivity contribution is 6.02. The van der Waals surface area contributed by atoms with E-state index in [-0.39, 0.29) is 11.6 Å². The van der Waals surface area contributed by atoms with Crippen LogP contribution >= 0.6 is 0 Å². The molecule has 0 aliphatic rings. The van der Waals surface area contributed by atoms with E-state index in [1.54, 1.807) is 7.11 Å². The van der Waals surface area contributed by atoms with E-state index >= 15 is 0 Å². The molecule has 0 radical (unpaired) electrons. The van der Waals surface area contributed by atoms with Gasteiger partial charge in [0.15, 0.2) is 0 Å². The van der Waals surface area contributed by atoms with Crippen molar-refractivity contribution in [3.05, 3.63) is 48.6 Å². The van der Waals surface area contributed by atoms with Gasteiger partial charge in [-0.3, -0.25) is 9.59 Å². The van der Waals surface area contributed by atoms with Crippen LogP contribution in [0.4, 0.5) is 0 Å². The van der Waals surface area contributed by atoms with Crippen LogP contribution in [0.5, 0.6) is 5.75 Å². The van der Waals surface area contributed by atoms with E-state index in [1.807, 2.05) is 38.1 Å². The van der Waals surface area contributed by atoms with Gasteiger partial charge in [-0.2, -0.15) is 0 Å². The van der Waals surface area contributed by atoms with Crippen LogP contribution in [-0.4, -0.2) is 18.7 Å². The van der Waals surface area contributed by atoms with Crippen LogP contribution in [0.15, 0.2) is 43.0 Å². The third-order valence-corrected chi connectivity index (χ3v) is 4.62. The van der Waals surface area contributed by atoms with E-state index < -0.39 is 5.92 Å². The lowest BCUT2D eigenvalue weighted by Gasteiger charge is -2.12. The SMILES string of the molecule is C=C(CC/C=C/CCCC(C(=O)CC)C(=O)CC)c1ccc(OC)cc1. The highest BCUT2D eigenvalue weighted by Crippen LogP contribution is 2.21. The molecule has 0 atom stereocenters. The second-order valence-electron chi connectivity index (χ2n) is 6.47. The van der Waals surface area contributed by atoms with Crippen LogP contribution in [0, 0.1) is 5.92 Å². The lowest BCUT2D eigenvalue weighted by Crippen LogP contribution is -2.22. The van der Waals surface area contributed by atoms with Crippen LogP contribution in [0.3, 0.4) is 0 Å². The van der Waals surface area contributed by atoms with E-state index in [1.165, 1.54) is 0 Å². The third-order valence-electron chi connectivity index (χ3n) is 4.62. The van der Waals surface area contributed by atoms with Crippen LogP contribution in [0.2, 0.25) is 0 Å². The summed E-state index contributed by atoms with van der Waals surface area (Å²) in [6.45, 7) is 7.80. The average Bonchev–Trinajstić information content (AvgIpc) is 2.68. The molecule has 0 fully saturated rings. The summed E-state index contributed by atoms with van der Waals surface area (Å²) in [6.07, 6.45) is 9.49. The number of allylic oxidation sites excluding steroid dienone is 3. The van der Waals surface area contributed by atoms with Crippen molar-refractivity contribution in [3.63, 3.8) is 0 Å². The van der Waals surface area contributed by atoms with Crippen molar-refractivity contribution in [1.82, 2.24) is 0 Å². The quantitative estimate of drug-likeness (QED) is 0.255. The Bertz CT molecular complexity index is 595. The Morgan fingerprint density at radius 2 is 1.62 bits per heavy atom. The molecule has 0 saturated heterocycles. The molecule has 0 unspecified atom stereocenters. The smallest absolute Gasteiger partial charge is 0.143 e. The molecule has 0 aliphatic carbocycles. The fourth-order valence-electron chi connectivity index (χ4n) is 2.90. The molecule has 0 aromatic heterocycles. The number of Topliss-reactive ketones (excluding diaryl/α,β-unsaturated/α-hetero) is 2. The monoisotopic (exact) mass is 356 g/mol. The molecule has 3 heteroatoms. The molecule has 142 valence electrons. The minimum absolute atomic E-state index is 0.0802. The standard InChI is InChI=1S/C23H32O3/c1-5-22(24)21(23(25)6-2)13-11-9-7-8-10-12-18(3)19-14-16-20(26-4)17-15-19/h7-8,14-17,21H,3,5-6,9-13H2,1-2,4H3/b8-7+. The zero-order valence-electron chi connectivity index (χ0n) is 16.4. The molecule has 0 heterocycles. The summed E-state index contributed by atoms with van der Waals surface area (Å²) in [5.74, 6) is 0.615. The van der Waals surface area contributed by atoms with E-state index in [0.717, 1.165) is 42.6 Å². The number of methoxy groups -OCH3 is 1. The Hall–Kier alpha value is -2.16. The van der Waals surface area contributed by atoms with Crippen LogP contribution < -0.4 is 4.74 Å². The number of rotatable bonds is 13. The van der Waals surface area contributed by atoms with Crippen molar-refractivity contribution in [1.29, 1.82) is 0 Å². The second-order valence-corrected chi connectivity index (χ2v) is 6.47. The first-order chi connectivity index (χ1) is 12.5. The van der Waals surface area contributed by atoms with Crippen LogP contribution in [0.25, 0.3) is 5.57 Å². The number of ketones is 2. The topological polar surface area (TPSA) is 43.4 Å². The fraction of sp³-hybridized carbons (Fsp3) is 0.478. The maximum absolute atomic E-state index is 11.9. The molecule has 26 heavy (non-hydrogen) atoms. The molecule has 0 spiro atoms. The summed E-state index contributed by atoms with van der Waals surface area (Å²) in [6, 6.07) is 7.95. The number of carbonyl (C=O) groups excluding carboxylic acids is 2. The zero-order valence-corrected chi connectivity index (χ0v) is 16.4. The largest absolute Gasteiger partial charge is 0.497 e. The molecule has 0 aliphatic heterocycles. The van der Waals surface area contributed by atoms with E-state index in [2.05, 4.69) is 18.7 Å². The molecule has 0 N–H and O–H groups in total. The molecule has 0 amide bonds. The minimum atomic E-state index is -0.395. The average molecular weight is 357 g/mol. The molecule has 0 saturated carbocycles. The van der Waals surface area contributed by atoms with Gasteiger partial charge in [0, 0.05) is 12.8 Å². The van der Waals surface area contributed by atoms with E-state index in [4.69, 9.17) is 4.74 Å². The van der Waals surface area contributed by atoms with Gasteiger partial charge in [0.1, 0.15) is 17.3 Å². The van der Waals surface area contributed by atoms with Gasteiger partial charge in [0.25, 0.3) is 0 Å². The molecule has 1 aromatic carbocycles. The summed E-state index contributed by atoms with van der Waals surface area (Å²) in [4.78, 5) is 23.7. The van der Waals surface area contributed by atoms with Crippen molar-refractivity contribution in [2.45, 2.75) is 58.8 Å². The van der Waals surface area contributed by atoms with Crippen molar-refractivity contribution in [2.75, 3.05) is 7.11 Å². The van der Waals surface area contributed by atoms with Crippen molar-refractivity contribution in [2.24, 2.45) is 5.92 Å². The Balaban J connectivity index is 2.30. The molecule has 1 rings (SSSR count). The lowest BCUT2D eigenvalue weighted by atomic mass is 9.90. The highest BCUT2D eigenvalue weighted by atomic mass is 16.5. The van der Waals surface area contributed by atoms with Gasteiger partial charge < -0.3 is 4.74 Å². The minimum Gasteiger partial charge on any atom is -0.497 e.